The second-order valence-corrected chi connectivity index (χ2v) is 6.12. The van der Waals surface area contributed by atoms with Gasteiger partial charge in [0.05, 0.1) is 12.5 Å². The Labute approximate surface area is 152 Å². The third-order valence-electron chi connectivity index (χ3n) is 3.53. The average Bonchev–Trinajstić information content (AvgIpc) is 3.32. The van der Waals surface area contributed by atoms with Crippen molar-refractivity contribution in [3.05, 3.63) is 88.7 Å². The number of para-hydroxylation sites is 1. The number of hydrogen-bond acceptors (Lipinski definition) is 5. The van der Waals surface area contributed by atoms with Gasteiger partial charge in [0.1, 0.15) is 17.2 Å². The minimum atomic E-state index is -0.386. The molecule has 0 unspecified atom stereocenters. The van der Waals surface area contributed by atoms with Crippen LogP contribution in [0.5, 0.6) is 0 Å². The van der Waals surface area contributed by atoms with Gasteiger partial charge in [-0.2, -0.15) is 5.10 Å². The molecule has 0 atom stereocenters. The fourth-order valence-electron chi connectivity index (χ4n) is 2.31. The van der Waals surface area contributed by atoms with E-state index in [0.29, 0.717) is 10.6 Å². The highest BCUT2D eigenvalue weighted by Crippen LogP contribution is 2.22. The van der Waals surface area contributed by atoms with Gasteiger partial charge >= 0.3 is 0 Å². The Kier molecular flexibility index (Phi) is 4.53. The molecule has 3 heterocycles. The third kappa shape index (κ3) is 3.38. The number of aromatic nitrogens is 2. The van der Waals surface area contributed by atoms with Crippen molar-refractivity contribution < 1.29 is 8.81 Å². The molecule has 3 aromatic heterocycles. The molecule has 0 saturated carbocycles. The van der Waals surface area contributed by atoms with Crippen molar-refractivity contribution in [1.29, 1.82) is 0 Å². The zero-order valence-electron chi connectivity index (χ0n) is 13.5. The van der Waals surface area contributed by atoms with Gasteiger partial charge in [-0.15, -0.1) is 11.3 Å². The van der Waals surface area contributed by atoms with E-state index in [2.05, 4.69) is 15.1 Å². The van der Waals surface area contributed by atoms with E-state index in [9.17, 15) is 4.39 Å². The number of hydrogen-bond donors (Lipinski definition) is 0. The van der Waals surface area contributed by atoms with E-state index in [0.717, 1.165) is 11.3 Å². The lowest BCUT2D eigenvalue weighted by Crippen LogP contribution is -2.11. The van der Waals surface area contributed by atoms with E-state index in [-0.39, 0.29) is 11.5 Å². The lowest BCUT2D eigenvalue weighted by molar-refractivity contribution is 0.575. The standard InChI is InChI=1S/C19H13FN4OS/c20-15-6-1-2-7-16(15)23-19-24(22-12-14-5-3-9-21-11-14)17(13-26-19)18-8-4-10-25-18/h1-13H/b22-12-,23-19?. The summed E-state index contributed by atoms with van der Waals surface area (Å²) in [6, 6.07) is 13.7. The highest BCUT2D eigenvalue weighted by Gasteiger charge is 2.10. The Bertz CT molecular complexity index is 1100. The Morgan fingerprint density at radius 3 is 2.81 bits per heavy atom. The summed E-state index contributed by atoms with van der Waals surface area (Å²) in [5, 5.41) is 6.38. The Morgan fingerprint density at radius 2 is 2.04 bits per heavy atom. The minimum absolute atomic E-state index is 0.255. The van der Waals surface area contributed by atoms with Crippen molar-refractivity contribution in [2.24, 2.45) is 10.1 Å². The van der Waals surface area contributed by atoms with Crippen LogP contribution in [0.25, 0.3) is 11.5 Å². The minimum Gasteiger partial charge on any atom is -0.463 e. The van der Waals surface area contributed by atoms with Gasteiger partial charge in [0.2, 0.25) is 4.80 Å². The van der Waals surface area contributed by atoms with Gasteiger partial charge in [-0.05, 0) is 30.3 Å². The monoisotopic (exact) mass is 364 g/mol. The number of benzene rings is 1. The molecule has 0 radical (unpaired) electrons. The first-order chi connectivity index (χ1) is 12.8. The van der Waals surface area contributed by atoms with Crippen LogP contribution in [0.2, 0.25) is 0 Å². The SMILES string of the molecule is Fc1ccccc1N=c1scc(-c2ccco2)n1/N=C\c1cccnc1. The van der Waals surface area contributed by atoms with Crippen molar-refractivity contribution >= 4 is 23.2 Å². The predicted octanol–water partition coefficient (Wildman–Crippen LogP) is 4.46. The molecule has 0 aliphatic rings. The zero-order chi connectivity index (χ0) is 17.8. The highest BCUT2D eigenvalue weighted by atomic mass is 32.1. The quantitative estimate of drug-likeness (QED) is 0.502. The Balaban J connectivity index is 1.85. The maximum Gasteiger partial charge on any atom is 0.211 e. The third-order valence-corrected chi connectivity index (χ3v) is 4.35. The average molecular weight is 364 g/mol. The van der Waals surface area contributed by atoms with Crippen LogP contribution < -0.4 is 4.80 Å². The highest BCUT2D eigenvalue weighted by molar-refractivity contribution is 7.07. The van der Waals surface area contributed by atoms with E-state index < -0.39 is 0 Å². The van der Waals surface area contributed by atoms with Crippen LogP contribution in [0.4, 0.5) is 10.1 Å². The zero-order valence-corrected chi connectivity index (χ0v) is 14.3. The molecule has 0 bridgehead atoms. The summed E-state index contributed by atoms with van der Waals surface area (Å²) in [6.07, 6.45) is 6.67. The first-order valence-corrected chi connectivity index (χ1v) is 8.67. The summed E-state index contributed by atoms with van der Waals surface area (Å²) < 4.78 is 21.1. The van der Waals surface area contributed by atoms with Crippen LogP contribution in [0.1, 0.15) is 5.56 Å². The molecule has 26 heavy (non-hydrogen) atoms. The summed E-state index contributed by atoms with van der Waals surface area (Å²) >= 11 is 1.35. The van der Waals surface area contributed by atoms with E-state index >= 15 is 0 Å². The van der Waals surface area contributed by atoms with Crippen molar-refractivity contribution in [1.82, 2.24) is 9.66 Å². The first kappa shape index (κ1) is 16.2. The molecular formula is C19H13FN4OS. The molecule has 4 aromatic rings. The molecule has 0 fully saturated rings. The molecule has 0 aliphatic carbocycles. The maximum absolute atomic E-state index is 14.0. The topological polar surface area (TPSA) is 55.7 Å². The summed E-state index contributed by atoms with van der Waals surface area (Å²) in [4.78, 5) is 9.02. The first-order valence-electron chi connectivity index (χ1n) is 7.79. The number of pyridine rings is 1. The molecule has 4 rings (SSSR count). The second-order valence-electron chi connectivity index (χ2n) is 5.29. The lowest BCUT2D eigenvalue weighted by Gasteiger charge is -2.01. The fraction of sp³-hybridized carbons (Fsp3) is 0. The number of rotatable bonds is 4. The molecule has 0 saturated heterocycles. The Hall–Kier alpha value is -3.32. The lowest BCUT2D eigenvalue weighted by atomic mass is 10.3. The molecule has 0 spiro atoms. The van der Waals surface area contributed by atoms with Gasteiger partial charge in [0, 0.05) is 23.3 Å². The van der Waals surface area contributed by atoms with E-state index in [4.69, 9.17) is 4.42 Å². The molecule has 7 heteroatoms. The number of thiazole rings is 1. The fourth-order valence-corrected chi connectivity index (χ4v) is 3.14. The van der Waals surface area contributed by atoms with Crippen LogP contribution in [0.15, 0.2) is 87.1 Å². The van der Waals surface area contributed by atoms with Crippen LogP contribution in [0, 0.1) is 5.82 Å². The summed E-state index contributed by atoms with van der Waals surface area (Å²) in [5.41, 5.74) is 1.83. The van der Waals surface area contributed by atoms with Gasteiger partial charge in [-0.25, -0.2) is 14.1 Å². The number of nitrogens with zero attached hydrogens (tertiary/aromatic N) is 4. The molecular weight excluding hydrogens is 351 g/mol. The van der Waals surface area contributed by atoms with Gasteiger partial charge in [-0.1, -0.05) is 18.2 Å². The summed E-state index contributed by atoms with van der Waals surface area (Å²) in [5.74, 6) is 0.266. The maximum atomic E-state index is 14.0. The van der Waals surface area contributed by atoms with Crippen LogP contribution in [-0.2, 0) is 0 Å². The summed E-state index contributed by atoms with van der Waals surface area (Å²) in [7, 11) is 0. The van der Waals surface area contributed by atoms with Crippen LogP contribution >= 0.6 is 11.3 Å². The van der Waals surface area contributed by atoms with Crippen LogP contribution in [-0.4, -0.2) is 15.9 Å². The second kappa shape index (κ2) is 7.28. The Morgan fingerprint density at radius 1 is 1.12 bits per heavy atom. The summed E-state index contributed by atoms with van der Waals surface area (Å²) in [6.45, 7) is 0. The van der Waals surface area contributed by atoms with E-state index in [1.807, 2.05) is 23.6 Å². The molecule has 0 amide bonds. The van der Waals surface area contributed by atoms with Gasteiger partial charge < -0.3 is 4.42 Å². The predicted molar refractivity (Wildman–Crippen MR) is 98.9 cm³/mol. The number of halogens is 1. The van der Waals surface area contributed by atoms with Crippen molar-refractivity contribution in [2.45, 2.75) is 0 Å². The molecule has 1 aromatic carbocycles. The molecule has 128 valence electrons. The van der Waals surface area contributed by atoms with Crippen molar-refractivity contribution in [3.8, 4) is 11.5 Å². The molecule has 0 aliphatic heterocycles. The van der Waals surface area contributed by atoms with Gasteiger partial charge in [-0.3, -0.25) is 4.98 Å². The van der Waals surface area contributed by atoms with E-state index in [1.165, 1.54) is 17.4 Å². The molecule has 0 N–H and O–H groups in total. The molecule has 5 nitrogen and oxygen atoms in total. The van der Waals surface area contributed by atoms with Crippen molar-refractivity contribution in [2.75, 3.05) is 0 Å². The largest absolute Gasteiger partial charge is 0.463 e. The van der Waals surface area contributed by atoms with Crippen LogP contribution in [0.3, 0.4) is 0 Å². The smallest absolute Gasteiger partial charge is 0.211 e. The normalized spacial score (nSPS) is 12.1. The van der Waals surface area contributed by atoms with Gasteiger partial charge in [0.15, 0.2) is 5.76 Å². The van der Waals surface area contributed by atoms with E-state index in [1.54, 1.807) is 53.8 Å². The van der Waals surface area contributed by atoms with Gasteiger partial charge in [0.25, 0.3) is 0 Å². The van der Waals surface area contributed by atoms with Crippen molar-refractivity contribution in [3.63, 3.8) is 0 Å². The number of furan rings is 1.